The molecule has 2 saturated heterocycles. The molecule has 9 unspecified atom stereocenters. The Labute approximate surface area is 676 Å². The van der Waals surface area contributed by atoms with Crippen molar-refractivity contribution in [3.63, 3.8) is 0 Å². The number of nitrogens with zero attached hydrogens (tertiary/aromatic N) is 3. The van der Waals surface area contributed by atoms with Gasteiger partial charge in [-0.3, -0.25) is 29.0 Å². The van der Waals surface area contributed by atoms with Crippen LogP contribution in [0.25, 0.3) is 0 Å². The molecule has 0 saturated carbocycles. The van der Waals surface area contributed by atoms with Crippen LogP contribution in [0.4, 0.5) is 0 Å². The summed E-state index contributed by atoms with van der Waals surface area (Å²) in [7, 11) is 0. The van der Waals surface area contributed by atoms with Crippen LogP contribution >= 0.6 is 0 Å². The van der Waals surface area contributed by atoms with Gasteiger partial charge in [0.15, 0.2) is 0 Å². The summed E-state index contributed by atoms with van der Waals surface area (Å²) in [6.07, 6.45) is 70.5. The van der Waals surface area contributed by atoms with E-state index in [4.69, 9.17) is 9.47 Å². The maximum Gasteiger partial charge on any atom is 0.324 e. The molecule has 2 aliphatic rings. The number of aliphatic hydroxyl groups excluding tert-OH is 5. The monoisotopic (exact) mass is 1550 g/mol. The van der Waals surface area contributed by atoms with Crippen molar-refractivity contribution < 1.29 is 54.2 Å². The quantitative estimate of drug-likeness (QED) is 0.0285. The van der Waals surface area contributed by atoms with E-state index in [1.54, 1.807) is 4.90 Å². The normalized spacial score (nSPS) is 17.5. The first-order chi connectivity index (χ1) is 52.2. The predicted octanol–water partition coefficient (Wildman–Crippen LogP) is 24.9. The number of morpholine rings is 2. The van der Waals surface area contributed by atoms with Crippen LogP contribution in [0.15, 0.2) is 0 Å². The highest BCUT2D eigenvalue weighted by Gasteiger charge is 2.41. The van der Waals surface area contributed by atoms with Crippen LogP contribution in [0.1, 0.15) is 494 Å². The number of β-amino-alcohol motifs (C(OH)–C–C–N with tert-alkyl or cyclic N) is 2. The van der Waals surface area contributed by atoms with Gasteiger partial charge in [-0.05, 0) is 64.2 Å². The van der Waals surface area contributed by atoms with Crippen molar-refractivity contribution >= 4 is 23.6 Å². The SMILES string of the molecule is C.C.CCCCCCCCCCC(O)CCC(=O)CC1C(=O)OC(CCCCCCCCCC)CN1CC(O)CCCCCCCCCC.CCCCCCCCCCC(O)CN(CC(O)CCCCCCCCCC)C(=O)CC1C(=O)OC(CCCCCCCCCC)CN1CC(O)CCCCCCCCCC. The number of esters is 2. The summed E-state index contributed by atoms with van der Waals surface area (Å²) < 4.78 is 11.9. The van der Waals surface area contributed by atoms with Gasteiger partial charge in [-0.2, -0.15) is 0 Å². The summed E-state index contributed by atoms with van der Waals surface area (Å²) in [5.74, 6) is -0.915. The summed E-state index contributed by atoms with van der Waals surface area (Å²) in [6, 6.07) is -1.41. The van der Waals surface area contributed by atoms with Crippen LogP contribution < -0.4 is 0 Å². The van der Waals surface area contributed by atoms with Gasteiger partial charge >= 0.3 is 11.9 Å². The lowest BCUT2D eigenvalue weighted by Crippen LogP contribution is -2.56. The molecule has 0 bridgehead atoms. The van der Waals surface area contributed by atoms with Crippen molar-refractivity contribution in [1.29, 1.82) is 0 Å². The molecule has 0 aliphatic carbocycles. The molecule has 2 aliphatic heterocycles. The summed E-state index contributed by atoms with van der Waals surface area (Å²) in [6.45, 7) is 17.9. The number of hydrogen-bond acceptors (Lipinski definition) is 13. The van der Waals surface area contributed by atoms with E-state index >= 15 is 0 Å². The van der Waals surface area contributed by atoms with Gasteiger partial charge in [0, 0.05) is 52.1 Å². The van der Waals surface area contributed by atoms with E-state index in [1.807, 2.05) is 9.80 Å². The van der Waals surface area contributed by atoms with Crippen LogP contribution in [0.5, 0.6) is 0 Å². The maximum atomic E-state index is 14.2. The molecular weight excluding hydrogens is 1360 g/mol. The van der Waals surface area contributed by atoms with Gasteiger partial charge in [-0.1, -0.05) is 410 Å². The Hall–Kier alpha value is -2.20. The molecule has 0 radical (unpaired) electrons. The van der Waals surface area contributed by atoms with Gasteiger partial charge in [-0.15, -0.1) is 0 Å². The third-order valence-electron chi connectivity index (χ3n) is 23.2. The molecule has 0 aromatic rings. The zero-order valence-corrected chi connectivity index (χ0v) is 71.8. The van der Waals surface area contributed by atoms with E-state index < -0.39 is 42.6 Å². The van der Waals surface area contributed by atoms with Crippen LogP contribution in [0.2, 0.25) is 0 Å². The Bertz CT molecular complexity index is 1930. The molecule has 2 fully saturated rings. The maximum absolute atomic E-state index is 14.2. The summed E-state index contributed by atoms with van der Waals surface area (Å²) in [4.78, 5) is 60.0. The average Bonchev–Trinajstić information content (AvgIpc) is 0.827. The zero-order valence-electron chi connectivity index (χ0n) is 71.8. The number of ether oxygens (including phenoxy) is 2. The van der Waals surface area contributed by atoms with Gasteiger partial charge in [0.25, 0.3) is 0 Å². The highest BCUT2D eigenvalue weighted by Crippen LogP contribution is 2.27. The van der Waals surface area contributed by atoms with E-state index in [9.17, 15) is 44.7 Å². The minimum atomic E-state index is -0.780. The van der Waals surface area contributed by atoms with Crippen molar-refractivity contribution in [3.8, 4) is 0 Å². The number of Topliss-reactive ketones (excluding diaryl/α,β-unsaturated/α-hetero) is 1. The second kappa shape index (κ2) is 79.6. The van der Waals surface area contributed by atoms with Gasteiger partial charge in [-0.25, -0.2) is 0 Å². The molecule has 109 heavy (non-hydrogen) atoms. The van der Waals surface area contributed by atoms with Crippen molar-refractivity contribution in [3.05, 3.63) is 0 Å². The number of carbonyl (C=O) groups excluding carboxylic acids is 4. The lowest BCUT2D eigenvalue weighted by atomic mass is 9.98. The average molecular weight is 1550 g/mol. The molecule has 650 valence electrons. The van der Waals surface area contributed by atoms with Crippen LogP contribution in [0.3, 0.4) is 0 Å². The number of carbonyl (C=O) groups is 4. The van der Waals surface area contributed by atoms with Gasteiger partial charge in [0.05, 0.1) is 36.9 Å². The predicted molar refractivity (Wildman–Crippen MR) is 465 cm³/mol. The third kappa shape index (κ3) is 64.6. The third-order valence-corrected chi connectivity index (χ3v) is 23.2. The highest BCUT2D eigenvalue weighted by atomic mass is 16.6. The summed E-state index contributed by atoms with van der Waals surface area (Å²) in [5, 5.41) is 55.1. The summed E-state index contributed by atoms with van der Waals surface area (Å²) >= 11 is 0. The van der Waals surface area contributed by atoms with Crippen LogP contribution in [-0.4, -0.2) is 158 Å². The van der Waals surface area contributed by atoms with Gasteiger partial charge in [0.1, 0.15) is 30.1 Å². The first-order valence-electron chi connectivity index (χ1n) is 47.2. The first-order valence-corrected chi connectivity index (χ1v) is 47.2. The van der Waals surface area contributed by atoms with Crippen molar-refractivity contribution in [2.24, 2.45) is 0 Å². The standard InChI is InChI=1S/C52H102N2O6.C41H79NO5.2CH4/c1-5-9-13-17-21-25-29-33-37-46(55)42-53-45-49(40-36-32-28-24-20-16-12-8-4)60-52(59)50(53)41-51(58)54(43-47(56)38-34-30-26-22-18-14-10-6-2)44-48(57)39-35-31-27-23-19-15-11-7-3;1-4-7-10-13-16-19-22-25-28-36(43)31-32-37(44)33-40-41(46)47-39(30-27-24-21-18-15-12-9-6-3)35-42(40)34-38(45)29-26-23-20-17-14-11-8-5-2;;/h46-50,55-57H,5-45H2,1-4H3;36,38-40,43,45H,4-35H2,1-3H3;2*1H4. The first kappa shape index (κ1) is 109. The Morgan fingerprint density at radius 3 is 0.826 bits per heavy atom. The number of ketones is 1. The van der Waals surface area contributed by atoms with Crippen LogP contribution in [0, 0.1) is 0 Å². The Morgan fingerprint density at radius 1 is 0.321 bits per heavy atom. The minimum absolute atomic E-state index is 0. The smallest absolute Gasteiger partial charge is 0.324 e. The van der Waals surface area contributed by atoms with Crippen molar-refractivity contribution in [2.45, 2.75) is 548 Å². The molecular formula is C95H189N3O11. The van der Waals surface area contributed by atoms with E-state index in [2.05, 4.69) is 48.5 Å². The topological polar surface area (TPSA) is 198 Å². The zero-order chi connectivity index (χ0) is 78.3. The fourth-order valence-corrected chi connectivity index (χ4v) is 16.1. The number of aliphatic hydroxyl groups is 5. The van der Waals surface area contributed by atoms with Crippen molar-refractivity contribution in [1.82, 2.24) is 14.7 Å². The fraction of sp³-hybridized carbons (Fsp3) is 0.958. The molecule has 0 spiro atoms. The van der Waals surface area contributed by atoms with Gasteiger partial charge in [0.2, 0.25) is 5.91 Å². The molecule has 2 rings (SSSR count). The number of hydrogen-bond donors (Lipinski definition) is 5. The highest BCUT2D eigenvalue weighted by molar-refractivity contribution is 5.87. The molecule has 14 nitrogen and oxygen atoms in total. The van der Waals surface area contributed by atoms with E-state index in [1.165, 1.54) is 270 Å². The molecule has 9 atom stereocenters. The summed E-state index contributed by atoms with van der Waals surface area (Å²) in [5.41, 5.74) is 0. The lowest BCUT2D eigenvalue weighted by molar-refractivity contribution is -0.171. The molecule has 5 N–H and O–H groups in total. The van der Waals surface area contributed by atoms with E-state index in [-0.39, 0.29) is 83.0 Å². The van der Waals surface area contributed by atoms with E-state index in [0.29, 0.717) is 51.9 Å². The lowest BCUT2D eigenvalue weighted by Gasteiger charge is -2.40. The number of amides is 1. The number of cyclic esters (lactones) is 2. The fourth-order valence-electron chi connectivity index (χ4n) is 16.1. The molecule has 0 aromatic carbocycles. The van der Waals surface area contributed by atoms with Crippen molar-refractivity contribution in [2.75, 3.05) is 39.3 Å². The number of unbranched alkanes of at least 4 members (excludes halogenated alkanes) is 49. The second-order valence-corrected chi connectivity index (χ2v) is 34.0. The number of rotatable bonds is 78. The second-order valence-electron chi connectivity index (χ2n) is 34.0. The van der Waals surface area contributed by atoms with E-state index in [0.717, 1.165) is 116 Å². The molecule has 14 heteroatoms. The molecule has 0 aromatic heterocycles. The van der Waals surface area contributed by atoms with Gasteiger partial charge < -0.3 is 39.9 Å². The minimum Gasteiger partial charge on any atom is -0.460 e. The Kier molecular flexibility index (Phi) is 79.5. The molecule has 1 amide bonds. The molecule has 2 heterocycles. The van der Waals surface area contributed by atoms with Crippen LogP contribution in [-0.2, 0) is 28.7 Å². The Balaban J connectivity index is 0. The Morgan fingerprint density at radius 2 is 0.550 bits per heavy atom. The largest absolute Gasteiger partial charge is 0.460 e.